The van der Waals surface area contributed by atoms with Crippen LogP contribution in [0.4, 0.5) is 17.1 Å². The van der Waals surface area contributed by atoms with E-state index in [9.17, 15) is 0 Å². The molecule has 0 unspecified atom stereocenters. The number of hydrogen-bond donors (Lipinski definition) is 0. The fourth-order valence-electron chi connectivity index (χ4n) is 9.51. The van der Waals surface area contributed by atoms with Crippen molar-refractivity contribution >= 4 is 38.9 Å². The fraction of sp³-hybridized carbons (Fsp3) is 0.113. The molecular weight excluding hydrogens is 709 g/mol. The Labute approximate surface area is 339 Å². The summed E-state index contributed by atoms with van der Waals surface area (Å²) in [7, 11) is 0. The average Bonchev–Trinajstić information content (AvgIpc) is 3.81. The van der Waals surface area contributed by atoms with Crippen LogP contribution in [0, 0.1) is 0 Å². The van der Waals surface area contributed by atoms with E-state index in [1.807, 2.05) is 18.3 Å². The first-order valence-corrected chi connectivity index (χ1v) is 20.2. The molecular formula is C53H42N4O. The van der Waals surface area contributed by atoms with Crippen LogP contribution in [-0.4, -0.2) is 22.8 Å². The Hall–Kier alpha value is -7.11. The molecule has 2 aliphatic rings. The van der Waals surface area contributed by atoms with E-state index in [1.165, 1.54) is 66.8 Å². The Morgan fingerprint density at radius 3 is 2.00 bits per heavy atom. The van der Waals surface area contributed by atoms with Crippen LogP contribution in [0.1, 0.15) is 30.5 Å². The molecule has 2 aromatic heterocycles. The molecule has 2 aliphatic heterocycles. The van der Waals surface area contributed by atoms with Crippen molar-refractivity contribution in [2.24, 2.45) is 0 Å². The molecule has 0 saturated carbocycles. The molecule has 0 N–H and O–H groups in total. The van der Waals surface area contributed by atoms with E-state index in [0.717, 1.165) is 48.0 Å². The standard InChI is InChI=1S/C53H42N4O/c1-53(2)45-29-27-39(58-38-26-28-44-43-19-9-10-23-47(43)57(49(44)33-38)51-25-11-12-31-54-51)34-50(45)56-35-55(48-24-14-22-46(53)52(48)56)32-30-42-40(36-15-5-3-6-16-36)20-13-21-41(42)37-17-7-4-8-18-37/h3-29,31,33-34H,30,32,35H2,1-2H3. The second-order valence-corrected chi connectivity index (χ2v) is 15.9. The molecule has 0 saturated heterocycles. The minimum absolute atomic E-state index is 0.186. The third-order valence-electron chi connectivity index (χ3n) is 12.3. The Bertz CT molecular complexity index is 2930. The average molecular weight is 751 g/mol. The highest BCUT2D eigenvalue weighted by Gasteiger charge is 2.42. The molecule has 0 fully saturated rings. The van der Waals surface area contributed by atoms with Gasteiger partial charge >= 0.3 is 0 Å². The molecule has 11 rings (SSSR count). The number of hydrogen-bond acceptors (Lipinski definition) is 4. The van der Waals surface area contributed by atoms with Crippen LogP contribution in [-0.2, 0) is 11.8 Å². The van der Waals surface area contributed by atoms with Crippen LogP contribution in [0.25, 0.3) is 49.9 Å². The van der Waals surface area contributed by atoms with Gasteiger partial charge in [-0.15, -0.1) is 0 Å². The van der Waals surface area contributed by atoms with Gasteiger partial charge < -0.3 is 14.5 Å². The maximum Gasteiger partial charge on any atom is 0.137 e. The molecule has 5 nitrogen and oxygen atoms in total. The van der Waals surface area contributed by atoms with Crippen LogP contribution in [0.2, 0.25) is 0 Å². The van der Waals surface area contributed by atoms with Gasteiger partial charge in [-0.05, 0) is 87.8 Å². The maximum atomic E-state index is 6.77. The number of anilines is 3. The molecule has 7 aromatic carbocycles. The first-order chi connectivity index (χ1) is 28.5. The fourth-order valence-corrected chi connectivity index (χ4v) is 9.51. The lowest BCUT2D eigenvalue weighted by molar-refractivity contribution is 0.482. The van der Waals surface area contributed by atoms with Gasteiger partial charge in [0.1, 0.15) is 17.3 Å². The second kappa shape index (κ2) is 13.5. The predicted molar refractivity (Wildman–Crippen MR) is 239 cm³/mol. The summed E-state index contributed by atoms with van der Waals surface area (Å²) in [6, 6.07) is 62.9. The minimum atomic E-state index is -0.186. The van der Waals surface area contributed by atoms with Crippen LogP contribution < -0.4 is 14.5 Å². The van der Waals surface area contributed by atoms with E-state index in [0.29, 0.717) is 0 Å². The van der Waals surface area contributed by atoms with Crippen molar-refractivity contribution in [1.29, 1.82) is 0 Å². The SMILES string of the molecule is CC1(C)c2ccc(Oc3ccc4c5ccccc5n(-c5ccccn5)c4c3)cc2N2CN(CCc3c(-c4ccccc4)cccc3-c3ccccc3)c3cccc1c32. The Morgan fingerprint density at radius 2 is 1.24 bits per heavy atom. The zero-order valence-corrected chi connectivity index (χ0v) is 32.6. The van der Waals surface area contributed by atoms with Crippen molar-refractivity contribution in [3.63, 3.8) is 0 Å². The molecule has 0 radical (unpaired) electrons. The highest BCUT2D eigenvalue weighted by atomic mass is 16.5. The number of nitrogens with zero attached hydrogens (tertiary/aromatic N) is 4. The third kappa shape index (κ3) is 5.49. The van der Waals surface area contributed by atoms with E-state index in [4.69, 9.17) is 9.72 Å². The highest BCUT2D eigenvalue weighted by Crippen LogP contribution is 2.56. The lowest BCUT2D eigenvalue weighted by Crippen LogP contribution is -2.34. The summed E-state index contributed by atoms with van der Waals surface area (Å²) in [5.74, 6) is 2.49. The lowest BCUT2D eigenvalue weighted by atomic mass is 9.73. The number of pyridine rings is 1. The first-order valence-electron chi connectivity index (χ1n) is 20.2. The number of benzene rings is 7. The summed E-state index contributed by atoms with van der Waals surface area (Å²) in [4.78, 5) is 9.81. The number of aromatic nitrogens is 2. The quantitative estimate of drug-likeness (QED) is 0.155. The van der Waals surface area contributed by atoms with Crippen molar-refractivity contribution in [2.75, 3.05) is 23.0 Å². The topological polar surface area (TPSA) is 33.5 Å². The maximum absolute atomic E-state index is 6.77. The number of ether oxygens (including phenoxy) is 1. The van der Waals surface area contributed by atoms with E-state index >= 15 is 0 Å². The summed E-state index contributed by atoms with van der Waals surface area (Å²) in [5.41, 5.74) is 14.9. The second-order valence-electron chi connectivity index (χ2n) is 15.9. The summed E-state index contributed by atoms with van der Waals surface area (Å²) in [6.45, 7) is 6.36. The molecule has 0 spiro atoms. The van der Waals surface area contributed by atoms with E-state index in [1.54, 1.807) is 0 Å². The van der Waals surface area contributed by atoms with Gasteiger partial charge in [0, 0.05) is 41.1 Å². The molecule has 0 atom stereocenters. The van der Waals surface area contributed by atoms with Gasteiger partial charge in [-0.25, -0.2) is 4.98 Å². The minimum Gasteiger partial charge on any atom is -0.457 e. The van der Waals surface area contributed by atoms with Gasteiger partial charge in [-0.2, -0.15) is 0 Å². The molecule has 0 bridgehead atoms. The molecule has 58 heavy (non-hydrogen) atoms. The third-order valence-corrected chi connectivity index (χ3v) is 12.3. The van der Waals surface area contributed by atoms with E-state index in [-0.39, 0.29) is 5.41 Å². The lowest BCUT2D eigenvalue weighted by Gasteiger charge is -2.39. The Morgan fingerprint density at radius 1 is 0.569 bits per heavy atom. The molecule has 5 heteroatoms. The van der Waals surface area contributed by atoms with Crippen molar-refractivity contribution in [2.45, 2.75) is 25.7 Å². The van der Waals surface area contributed by atoms with Gasteiger partial charge in [0.2, 0.25) is 0 Å². The van der Waals surface area contributed by atoms with Crippen molar-refractivity contribution < 1.29 is 4.74 Å². The number of para-hydroxylation sites is 2. The summed E-state index contributed by atoms with van der Waals surface area (Å²) in [5, 5.41) is 2.36. The van der Waals surface area contributed by atoms with Gasteiger partial charge in [-0.1, -0.05) is 135 Å². The van der Waals surface area contributed by atoms with Crippen molar-refractivity contribution in [3.8, 4) is 39.6 Å². The smallest absolute Gasteiger partial charge is 0.137 e. The summed E-state index contributed by atoms with van der Waals surface area (Å²) in [6.07, 6.45) is 2.75. The van der Waals surface area contributed by atoms with Gasteiger partial charge in [0.15, 0.2) is 0 Å². The number of fused-ring (bicyclic) bond motifs is 5. The predicted octanol–water partition coefficient (Wildman–Crippen LogP) is 13.1. The largest absolute Gasteiger partial charge is 0.457 e. The van der Waals surface area contributed by atoms with Gasteiger partial charge in [-0.3, -0.25) is 4.57 Å². The molecule has 9 aromatic rings. The zero-order chi connectivity index (χ0) is 38.8. The van der Waals surface area contributed by atoms with Crippen molar-refractivity contribution in [1.82, 2.24) is 9.55 Å². The van der Waals surface area contributed by atoms with Crippen LogP contribution >= 0.6 is 0 Å². The monoisotopic (exact) mass is 750 g/mol. The molecule has 0 aliphatic carbocycles. The molecule has 0 amide bonds. The normalized spacial score (nSPS) is 13.8. The van der Waals surface area contributed by atoms with Gasteiger partial charge in [0.05, 0.1) is 34.8 Å². The van der Waals surface area contributed by atoms with Crippen LogP contribution in [0.15, 0.2) is 182 Å². The van der Waals surface area contributed by atoms with E-state index < -0.39 is 0 Å². The van der Waals surface area contributed by atoms with Gasteiger partial charge in [0.25, 0.3) is 0 Å². The summed E-state index contributed by atoms with van der Waals surface area (Å²) >= 11 is 0. The molecule has 4 heterocycles. The highest BCUT2D eigenvalue weighted by molar-refractivity contribution is 6.09. The Kier molecular flexibility index (Phi) is 7.97. The van der Waals surface area contributed by atoms with E-state index in [2.05, 4.69) is 192 Å². The van der Waals surface area contributed by atoms with Crippen LogP contribution in [0.3, 0.4) is 0 Å². The van der Waals surface area contributed by atoms with Crippen LogP contribution in [0.5, 0.6) is 11.5 Å². The Balaban J connectivity index is 0.947. The zero-order valence-electron chi connectivity index (χ0n) is 32.6. The number of rotatable bonds is 8. The summed E-state index contributed by atoms with van der Waals surface area (Å²) < 4.78 is 9.00. The molecule has 280 valence electrons. The van der Waals surface area contributed by atoms with Crippen molar-refractivity contribution in [3.05, 3.63) is 199 Å². The first kappa shape index (κ1) is 34.2.